The topological polar surface area (TPSA) is 37.3 Å². The molecular weight excluding hydrogens is 346 g/mol. The maximum Gasteiger partial charge on any atom is 0.267 e. The Morgan fingerprint density at radius 3 is 2.50 bits per heavy atom. The van der Waals surface area contributed by atoms with Crippen LogP contribution in [0.3, 0.4) is 0 Å². The minimum absolute atomic E-state index is 0.0280. The molecule has 1 amide bonds. The van der Waals surface area contributed by atoms with Crippen LogP contribution in [0.4, 0.5) is 0 Å². The summed E-state index contributed by atoms with van der Waals surface area (Å²) in [5, 5.41) is 4.24. The standard InChI is InChI=1S/C24H29N3O/c1-26-22-10-6-5-9-21(22)17-23(26)24(28)25-14-11-19-12-15-27(16-13-19)18-20-7-3-2-4-8-20/h2-10,17,19H,11-16,18H2,1H3,(H,25,28). The average Bonchev–Trinajstić information content (AvgIpc) is 3.07. The fraction of sp³-hybridized carbons (Fsp3) is 0.375. The molecule has 0 bridgehead atoms. The van der Waals surface area contributed by atoms with E-state index in [2.05, 4.69) is 52.7 Å². The molecular formula is C24H29N3O. The minimum atomic E-state index is 0.0280. The summed E-state index contributed by atoms with van der Waals surface area (Å²) in [6.07, 6.45) is 3.50. The molecule has 0 radical (unpaired) electrons. The van der Waals surface area contributed by atoms with Gasteiger partial charge >= 0.3 is 0 Å². The van der Waals surface area contributed by atoms with Gasteiger partial charge in [0.25, 0.3) is 5.91 Å². The van der Waals surface area contributed by atoms with Crippen molar-refractivity contribution in [2.24, 2.45) is 13.0 Å². The molecule has 4 nitrogen and oxygen atoms in total. The molecule has 0 unspecified atom stereocenters. The van der Waals surface area contributed by atoms with E-state index in [-0.39, 0.29) is 5.91 Å². The number of hydrogen-bond donors (Lipinski definition) is 1. The first-order valence-corrected chi connectivity index (χ1v) is 10.3. The van der Waals surface area contributed by atoms with Gasteiger partial charge in [-0.15, -0.1) is 0 Å². The quantitative estimate of drug-likeness (QED) is 0.701. The van der Waals surface area contributed by atoms with Crippen molar-refractivity contribution in [3.05, 3.63) is 71.9 Å². The molecule has 146 valence electrons. The molecule has 4 rings (SSSR count). The molecule has 1 aliphatic heterocycles. The first-order chi connectivity index (χ1) is 13.7. The molecule has 1 N–H and O–H groups in total. The van der Waals surface area contributed by atoms with Crippen molar-refractivity contribution in [3.63, 3.8) is 0 Å². The largest absolute Gasteiger partial charge is 0.351 e. The van der Waals surface area contributed by atoms with Crippen molar-refractivity contribution >= 4 is 16.8 Å². The zero-order chi connectivity index (χ0) is 19.3. The van der Waals surface area contributed by atoms with Crippen molar-refractivity contribution in [2.75, 3.05) is 19.6 Å². The second-order valence-corrected chi connectivity index (χ2v) is 7.90. The summed E-state index contributed by atoms with van der Waals surface area (Å²) in [5.74, 6) is 0.736. The number of amides is 1. The van der Waals surface area contributed by atoms with Gasteiger partial charge in [-0.1, -0.05) is 48.5 Å². The number of benzene rings is 2. The Morgan fingerprint density at radius 2 is 1.75 bits per heavy atom. The molecule has 0 saturated carbocycles. The highest BCUT2D eigenvalue weighted by Gasteiger charge is 2.19. The first-order valence-electron chi connectivity index (χ1n) is 10.3. The van der Waals surface area contributed by atoms with Crippen LogP contribution in [0.25, 0.3) is 10.9 Å². The Balaban J connectivity index is 1.22. The van der Waals surface area contributed by atoms with Gasteiger partial charge in [0, 0.05) is 31.0 Å². The number of para-hydroxylation sites is 1. The van der Waals surface area contributed by atoms with Gasteiger partial charge < -0.3 is 9.88 Å². The van der Waals surface area contributed by atoms with Crippen LogP contribution < -0.4 is 5.32 Å². The predicted molar refractivity (Wildman–Crippen MR) is 114 cm³/mol. The predicted octanol–water partition coefficient (Wildman–Crippen LogP) is 4.21. The van der Waals surface area contributed by atoms with Gasteiger partial charge in [-0.25, -0.2) is 0 Å². The lowest BCUT2D eigenvalue weighted by molar-refractivity contribution is 0.0940. The Hall–Kier alpha value is -2.59. The van der Waals surface area contributed by atoms with Crippen molar-refractivity contribution < 1.29 is 4.79 Å². The second-order valence-electron chi connectivity index (χ2n) is 7.90. The zero-order valence-corrected chi connectivity index (χ0v) is 16.6. The molecule has 28 heavy (non-hydrogen) atoms. The van der Waals surface area contributed by atoms with E-state index >= 15 is 0 Å². The Labute approximate surface area is 167 Å². The Bertz CT molecular complexity index is 923. The van der Waals surface area contributed by atoms with Crippen LogP contribution >= 0.6 is 0 Å². The van der Waals surface area contributed by atoms with E-state index < -0.39 is 0 Å². The fourth-order valence-corrected chi connectivity index (χ4v) is 4.26. The highest BCUT2D eigenvalue weighted by Crippen LogP contribution is 2.22. The SMILES string of the molecule is Cn1c(C(=O)NCCC2CCN(Cc3ccccc3)CC2)cc2ccccc21. The maximum atomic E-state index is 12.6. The Kier molecular flexibility index (Phi) is 5.77. The number of likely N-dealkylation sites (tertiary alicyclic amines) is 1. The molecule has 1 aromatic heterocycles. The number of fused-ring (bicyclic) bond motifs is 1. The zero-order valence-electron chi connectivity index (χ0n) is 16.6. The maximum absolute atomic E-state index is 12.6. The van der Waals surface area contributed by atoms with Gasteiger partial charge in [0.15, 0.2) is 0 Å². The normalized spacial score (nSPS) is 15.8. The van der Waals surface area contributed by atoms with E-state index in [0.717, 1.165) is 49.2 Å². The van der Waals surface area contributed by atoms with Crippen LogP contribution in [0.15, 0.2) is 60.7 Å². The Morgan fingerprint density at radius 1 is 1.04 bits per heavy atom. The number of aromatic nitrogens is 1. The summed E-state index contributed by atoms with van der Waals surface area (Å²) in [5.41, 5.74) is 3.22. The molecule has 4 heteroatoms. The number of nitrogens with zero attached hydrogens (tertiary/aromatic N) is 2. The number of nitrogens with one attached hydrogen (secondary N) is 1. The summed E-state index contributed by atoms with van der Waals surface area (Å²) in [7, 11) is 1.96. The van der Waals surface area contributed by atoms with E-state index in [9.17, 15) is 4.79 Å². The summed E-state index contributed by atoms with van der Waals surface area (Å²) in [6, 6.07) is 20.8. The molecule has 2 heterocycles. The van der Waals surface area contributed by atoms with Crippen LogP contribution in [0.5, 0.6) is 0 Å². The molecule has 3 aromatic rings. The third kappa shape index (κ3) is 4.28. The fourth-order valence-electron chi connectivity index (χ4n) is 4.26. The van der Waals surface area contributed by atoms with E-state index in [1.807, 2.05) is 29.8 Å². The van der Waals surface area contributed by atoms with E-state index in [1.54, 1.807) is 0 Å². The van der Waals surface area contributed by atoms with Gasteiger partial charge in [-0.05, 0) is 56.0 Å². The van der Waals surface area contributed by atoms with Crippen LogP contribution in [-0.2, 0) is 13.6 Å². The molecule has 1 saturated heterocycles. The molecule has 1 fully saturated rings. The number of piperidine rings is 1. The van der Waals surface area contributed by atoms with Gasteiger partial charge in [-0.3, -0.25) is 9.69 Å². The van der Waals surface area contributed by atoms with Crippen LogP contribution in [0.2, 0.25) is 0 Å². The van der Waals surface area contributed by atoms with Gasteiger partial charge in [0.2, 0.25) is 0 Å². The lowest BCUT2D eigenvalue weighted by Gasteiger charge is -2.32. The van der Waals surface area contributed by atoms with Crippen molar-refractivity contribution in [1.29, 1.82) is 0 Å². The molecule has 1 aliphatic rings. The number of hydrogen-bond acceptors (Lipinski definition) is 2. The average molecular weight is 376 g/mol. The number of carbonyl (C=O) groups excluding carboxylic acids is 1. The summed E-state index contributed by atoms with van der Waals surface area (Å²) < 4.78 is 1.98. The van der Waals surface area contributed by atoms with Crippen LogP contribution in [0.1, 0.15) is 35.3 Å². The summed E-state index contributed by atoms with van der Waals surface area (Å²) in [6.45, 7) is 4.10. The van der Waals surface area contributed by atoms with E-state index in [4.69, 9.17) is 0 Å². The molecule has 0 aliphatic carbocycles. The van der Waals surface area contributed by atoms with Gasteiger partial charge in [0.05, 0.1) is 0 Å². The van der Waals surface area contributed by atoms with Gasteiger partial charge in [-0.2, -0.15) is 0 Å². The third-order valence-corrected chi connectivity index (χ3v) is 5.98. The lowest BCUT2D eigenvalue weighted by Crippen LogP contribution is -2.35. The van der Waals surface area contributed by atoms with Crippen molar-refractivity contribution in [3.8, 4) is 0 Å². The van der Waals surface area contributed by atoms with Crippen molar-refractivity contribution in [2.45, 2.75) is 25.8 Å². The molecule has 0 atom stereocenters. The highest BCUT2D eigenvalue weighted by molar-refractivity contribution is 5.98. The van der Waals surface area contributed by atoms with Crippen LogP contribution in [0, 0.1) is 5.92 Å². The minimum Gasteiger partial charge on any atom is -0.351 e. The molecule has 0 spiro atoms. The lowest BCUT2D eigenvalue weighted by atomic mass is 9.93. The second kappa shape index (κ2) is 8.61. The van der Waals surface area contributed by atoms with Crippen LogP contribution in [-0.4, -0.2) is 35.0 Å². The van der Waals surface area contributed by atoms with E-state index in [1.165, 1.54) is 18.4 Å². The molecule has 2 aromatic carbocycles. The van der Waals surface area contributed by atoms with E-state index in [0.29, 0.717) is 5.92 Å². The number of aryl methyl sites for hydroxylation is 1. The number of rotatable bonds is 6. The third-order valence-electron chi connectivity index (χ3n) is 5.98. The first kappa shape index (κ1) is 18.8. The smallest absolute Gasteiger partial charge is 0.267 e. The number of carbonyl (C=O) groups is 1. The monoisotopic (exact) mass is 375 g/mol. The highest BCUT2D eigenvalue weighted by atomic mass is 16.1. The summed E-state index contributed by atoms with van der Waals surface area (Å²) in [4.78, 5) is 15.1. The van der Waals surface area contributed by atoms with Gasteiger partial charge in [0.1, 0.15) is 5.69 Å². The summed E-state index contributed by atoms with van der Waals surface area (Å²) >= 11 is 0. The van der Waals surface area contributed by atoms with Crippen molar-refractivity contribution in [1.82, 2.24) is 14.8 Å².